The number of alkyl halides is 3. The molecule has 218 valence electrons. The van der Waals surface area contributed by atoms with Gasteiger partial charge in [-0.15, -0.1) is 0 Å². The smallest absolute Gasteiger partial charge is 0.379 e. The summed E-state index contributed by atoms with van der Waals surface area (Å²) in [5.74, 6) is 0.586. The summed E-state index contributed by atoms with van der Waals surface area (Å²) in [4.78, 5) is 28.4. The lowest BCUT2D eigenvalue weighted by atomic mass is 10.1. The number of amides is 1. The Labute approximate surface area is 241 Å². The van der Waals surface area contributed by atoms with Crippen LogP contribution in [0.1, 0.15) is 21.5 Å². The third-order valence-corrected chi connectivity index (χ3v) is 6.79. The fraction of sp³-hybridized carbons (Fsp3) is 0.267. The van der Waals surface area contributed by atoms with Gasteiger partial charge in [0.15, 0.2) is 0 Å². The van der Waals surface area contributed by atoms with Crippen molar-refractivity contribution in [1.82, 2.24) is 19.9 Å². The first kappa shape index (κ1) is 29.0. The number of ether oxygens (including phenoxy) is 1. The second-order valence-corrected chi connectivity index (χ2v) is 9.76. The number of morpholine rings is 1. The summed E-state index contributed by atoms with van der Waals surface area (Å²) in [5.41, 5.74) is 2.38. The first-order valence-electron chi connectivity index (χ1n) is 13.4. The van der Waals surface area contributed by atoms with Gasteiger partial charge in [-0.1, -0.05) is 12.1 Å². The zero-order chi connectivity index (χ0) is 29.5. The molecule has 2 aromatic carbocycles. The lowest BCUT2D eigenvalue weighted by Gasteiger charge is -2.26. The van der Waals surface area contributed by atoms with Crippen LogP contribution in [0.25, 0.3) is 11.3 Å². The van der Waals surface area contributed by atoms with Crippen LogP contribution in [0.15, 0.2) is 73.2 Å². The number of benzene rings is 2. The summed E-state index contributed by atoms with van der Waals surface area (Å²) in [6.07, 6.45) is -1.39. The number of anilines is 4. The summed E-state index contributed by atoms with van der Waals surface area (Å²) >= 11 is 0. The highest BCUT2D eigenvalue weighted by atomic mass is 19.4. The molecule has 12 heteroatoms. The van der Waals surface area contributed by atoms with E-state index in [1.165, 1.54) is 18.5 Å². The normalized spacial score (nSPS) is 13.9. The number of carbonyl (C=O) groups is 1. The fourth-order valence-electron chi connectivity index (χ4n) is 4.48. The first-order chi connectivity index (χ1) is 20.3. The number of nitrogens with one attached hydrogen (secondary N) is 3. The zero-order valence-electron chi connectivity index (χ0n) is 22.9. The number of hydrogen-bond acceptors (Lipinski definition) is 8. The van der Waals surface area contributed by atoms with Gasteiger partial charge < -0.3 is 20.7 Å². The molecule has 1 aliphatic rings. The van der Waals surface area contributed by atoms with Gasteiger partial charge >= 0.3 is 6.18 Å². The number of carbonyl (C=O) groups excluding carboxylic acids is 1. The summed E-state index contributed by atoms with van der Waals surface area (Å²) in [6, 6.07) is 15.1. The van der Waals surface area contributed by atoms with E-state index in [4.69, 9.17) is 4.74 Å². The summed E-state index contributed by atoms with van der Waals surface area (Å²) < 4.78 is 44.7. The Bertz CT molecular complexity index is 1540. The van der Waals surface area contributed by atoms with E-state index in [9.17, 15) is 18.0 Å². The minimum atomic E-state index is -4.54. The van der Waals surface area contributed by atoms with E-state index in [0.29, 0.717) is 28.7 Å². The lowest BCUT2D eigenvalue weighted by Crippen LogP contribution is -2.39. The quantitative estimate of drug-likeness (QED) is 0.236. The molecule has 1 amide bonds. The van der Waals surface area contributed by atoms with Crippen LogP contribution in [-0.4, -0.2) is 65.2 Å². The van der Waals surface area contributed by atoms with E-state index in [2.05, 4.69) is 35.8 Å². The van der Waals surface area contributed by atoms with Gasteiger partial charge in [0, 0.05) is 60.9 Å². The second-order valence-electron chi connectivity index (χ2n) is 9.76. The van der Waals surface area contributed by atoms with Gasteiger partial charge in [-0.25, -0.2) is 15.0 Å². The lowest BCUT2D eigenvalue weighted by molar-refractivity contribution is -0.137. The topological polar surface area (TPSA) is 104 Å². The molecule has 0 bridgehead atoms. The van der Waals surface area contributed by atoms with Crippen molar-refractivity contribution in [2.45, 2.75) is 13.1 Å². The van der Waals surface area contributed by atoms with Crippen molar-refractivity contribution in [2.75, 3.05) is 55.3 Å². The maximum absolute atomic E-state index is 13.1. The van der Waals surface area contributed by atoms with Crippen molar-refractivity contribution < 1.29 is 22.7 Å². The number of rotatable bonds is 9. The molecule has 0 spiro atoms. The molecule has 0 atom stereocenters. The van der Waals surface area contributed by atoms with Crippen LogP contribution in [0.4, 0.5) is 36.2 Å². The molecule has 3 N–H and O–H groups in total. The molecule has 0 saturated carbocycles. The van der Waals surface area contributed by atoms with Gasteiger partial charge in [0.25, 0.3) is 5.91 Å². The predicted molar refractivity (Wildman–Crippen MR) is 155 cm³/mol. The van der Waals surface area contributed by atoms with Crippen molar-refractivity contribution in [1.29, 1.82) is 0 Å². The van der Waals surface area contributed by atoms with Crippen molar-refractivity contribution in [3.05, 3.63) is 89.9 Å². The van der Waals surface area contributed by atoms with Gasteiger partial charge in [-0.3, -0.25) is 9.69 Å². The highest BCUT2D eigenvalue weighted by Crippen LogP contribution is 2.32. The van der Waals surface area contributed by atoms with Crippen molar-refractivity contribution >= 4 is 28.9 Å². The summed E-state index contributed by atoms with van der Waals surface area (Å²) in [6.45, 7) is 6.83. The van der Waals surface area contributed by atoms with Crippen LogP contribution in [0.3, 0.4) is 0 Å². The number of pyridine rings is 1. The molecule has 0 radical (unpaired) electrons. The number of nitrogens with zero attached hydrogens (tertiary/aromatic N) is 4. The van der Waals surface area contributed by atoms with Crippen LogP contribution in [0, 0.1) is 6.92 Å². The molecular weight excluding hydrogens is 547 g/mol. The highest BCUT2D eigenvalue weighted by molar-refractivity contribution is 6.04. The largest absolute Gasteiger partial charge is 0.416 e. The van der Waals surface area contributed by atoms with Gasteiger partial charge in [0.1, 0.15) is 18.0 Å². The molecule has 0 unspecified atom stereocenters. The molecule has 3 heterocycles. The molecule has 4 aromatic rings. The molecule has 5 rings (SSSR count). The van der Waals surface area contributed by atoms with Gasteiger partial charge in [0.2, 0.25) is 0 Å². The molecule has 42 heavy (non-hydrogen) atoms. The Hall–Kier alpha value is -4.55. The second kappa shape index (κ2) is 13.0. The van der Waals surface area contributed by atoms with E-state index < -0.39 is 17.6 Å². The minimum absolute atomic E-state index is 0.0926. The summed E-state index contributed by atoms with van der Waals surface area (Å²) in [7, 11) is 0. The standard InChI is InChI=1S/C30H30F3N7O2/c1-20-7-8-23(38-29(41)21-4-2-5-22(16-21)30(31,32)33)17-25(20)39-28-24(6-3-9-35-28)26-18-27(37-19-36-26)34-10-11-40-12-14-42-15-13-40/h2-9,16-19H,10-15H2,1H3,(H,35,39)(H,38,41)(H,34,36,37). The fourth-order valence-corrected chi connectivity index (χ4v) is 4.48. The predicted octanol–water partition coefficient (Wildman–Crippen LogP) is 5.61. The molecule has 1 aliphatic heterocycles. The number of halogens is 3. The third-order valence-electron chi connectivity index (χ3n) is 6.79. The number of hydrogen-bond donors (Lipinski definition) is 3. The van der Waals surface area contributed by atoms with Crippen LogP contribution in [0.5, 0.6) is 0 Å². The van der Waals surface area contributed by atoms with Gasteiger partial charge in [-0.05, 0) is 55.0 Å². The molecular formula is C30H30F3N7O2. The van der Waals surface area contributed by atoms with Crippen LogP contribution in [0.2, 0.25) is 0 Å². The van der Waals surface area contributed by atoms with Crippen LogP contribution >= 0.6 is 0 Å². The Morgan fingerprint density at radius 3 is 2.64 bits per heavy atom. The molecule has 9 nitrogen and oxygen atoms in total. The maximum Gasteiger partial charge on any atom is 0.416 e. The van der Waals surface area contributed by atoms with Crippen molar-refractivity contribution in [2.24, 2.45) is 0 Å². The monoisotopic (exact) mass is 577 g/mol. The van der Waals surface area contributed by atoms with Crippen LogP contribution < -0.4 is 16.0 Å². The van der Waals surface area contributed by atoms with Gasteiger partial charge in [-0.2, -0.15) is 13.2 Å². The molecule has 1 saturated heterocycles. The summed E-state index contributed by atoms with van der Waals surface area (Å²) in [5, 5.41) is 9.35. The maximum atomic E-state index is 13.1. The van der Waals surface area contributed by atoms with E-state index in [1.54, 1.807) is 24.4 Å². The molecule has 2 aromatic heterocycles. The third kappa shape index (κ3) is 7.39. The van der Waals surface area contributed by atoms with E-state index >= 15 is 0 Å². The van der Waals surface area contributed by atoms with E-state index in [1.807, 2.05) is 25.1 Å². The molecule has 0 aliphatic carbocycles. The van der Waals surface area contributed by atoms with Crippen molar-refractivity contribution in [3.63, 3.8) is 0 Å². The SMILES string of the molecule is Cc1ccc(NC(=O)c2cccc(C(F)(F)F)c2)cc1Nc1ncccc1-c1cc(NCCN2CCOCC2)ncn1. The van der Waals surface area contributed by atoms with Gasteiger partial charge in [0.05, 0.1) is 24.5 Å². The Balaban J connectivity index is 1.30. The number of aromatic nitrogens is 3. The van der Waals surface area contributed by atoms with Crippen molar-refractivity contribution in [3.8, 4) is 11.3 Å². The van der Waals surface area contributed by atoms with Crippen LogP contribution in [-0.2, 0) is 10.9 Å². The Morgan fingerprint density at radius 1 is 1.00 bits per heavy atom. The number of aryl methyl sites for hydroxylation is 1. The first-order valence-corrected chi connectivity index (χ1v) is 13.4. The average molecular weight is 578 g/mol. The Morgan fingerprint density at radius 2 is 1.83 bits per heavy atom. The highest BCUT2D eigenvalue weighted by Gasteiger charge is 2.31. The van der Waals surface area contributed by atoms with E-state index in [0.717, 1.165) is 62.7 Å². The zero-order valence-corrected chi connectivity index (χ0v) is 22.9. The average Bonchev–Trinajstić information content (AvgIpc) is 2.99. The van der Waals surface area contributed by atoms with E-state index in [-0.39, 0.29) is 5.56 Å². The molecule has 1 fully saturated rings. The minimum Gasteiger partial charge on any atom is -0.379 e. The Kier molecular flexibility index (Phi) is 8.94.